The summed E-state index contributed by atoms with van der Waals surface area (Å²) in [5.41, 5.74) is 0. The number of carboxylic acid groups (broad SMARTS) is 1. The van der Waals surface area contributed by atoms with E-state index in [1.807, 2.05) is 0 Å². The van der Waals surface area contributed by atoms with E-state index in [2.05, 4.69) is 28.2 Å². The molecule has 0 aromatic rings. The summed E-state index contributed by atoms with van der Waals surface area (Å²) < 4.78 is 188. The second-order valence-electron chi connectivity index (χ2n) is 6.93. The fraction of sp³-hybridized carbons (Fsp3) is 0.917. The SMILES string of the molecule is C[N+](C)(C)C.O=C(O)C(F)(F)C(F)(F)C(F)(F)C(F)(F)C(F)(F)C(F)(F)C(F)(F)F. The Morgan fingerprint density at radius 3 is 0.933 bits per heavy atom. The van der Waals surface area contributed by atoms with Crippen molar-refractivity contribution in [2.24, 2.45) is 0 Å². The molecule has 3 nitrogen and oxygen atoms in total. The zero-order valence-corrected chi connectivity index (χ0v) is 15.0. The molecule has 182 valence electrons. The highest BCUT2D eigenvalue weighted by Gasteiger charge is 2.94. The molecular weight excluding hydrogens is 475 g/mol. The van der Waals surface area contributed by atoms with Gasteiger partial charge in [-0.3, -0.25) is 0 Å². The third-order valence-corrected chi connectivity index (χ3v) is 2.60. The normalized spacial score (nSPS) is 15.4. The van der Waals surface area contributed by atoms with Crippen molar-refractivity contribution in [3.63, 3.8) is 0 Å². The number of halogens is 15. The van der Waals surface area contributed by atoms with Crippen LogP contribution in [0.5, 0.6) is 0 Å². The van der Waals surface area contributed by atoms with Gasteiger partial charge >= 0.3 is 47.7 Å². The number of alkyl halides is 15. The van der Waals surface area contributed by atoms with E-state index in [1.54, 1.807) is 0 Å². The van der Waals surface area contributed by atoms with Crippen LogP contribution in [0.25, 0.3) is 0 Å². The number of quaternary nitrogens is 1. The summed E-state index contributed by atoms with van der Waals surface area (Å²) >= 11 is 0. The Labute approximate surface area is 157 Å². The number of hydrogen-bond acceptors (Lipinski definition) is 1. The third kappa shape index (κ3) is 4.99. The van der Waals surface area contributed by atoms with Crippen LogP contribution in [0.3, 0.4) is 0 Å². The molecule has 0 fully saturated rings. The Kier molecular flexibility index (Phi) is 7.96. The summed E-state index contributed by atoms with van der Waals surface area (Å²) in [5.74, 6) is -52.8. The van der Waals surface area contributed by atoms with E-state index in [4.69, 9.17) is 5.11 Å². The van der Waals surface area contributed by atoms with Crippen molar-refractivity contribution in [3.05, 3.63) is 0 Å². The van der Waals surface area contributed by atoms with Crippen LogP contribution in [-0.2, 0) is 4.79 Å². The first-order valence-corrected chi connectivity index (χ1v) is 6.80. The lowest BCUT2D eigenvalue weighted by atomic mass is 9.91. The fourth-order valence-corrected chi connectivity index (χ4v) is 1.10. The summed E-state index contributed by atoms with van der Waals surface area (Å²) in [6, 6.07) is 0. The van der Waals surface area contributed by atoms with E-state index in [1.165, 1.54) is 0 Å². The molecular formula is C12H13F15NO2+. The molecule has 0 amide bonds. The van der Waals surface area contributed by atoms with Crippen molar-refractivity contribution in [2.45, 2.75) is 41.7 Å². The molecule has 0 unspecified atom stereocenters. The van der Waals surface area contributed by atoms with Gasteiger partial charge in [0.05, 0.1) is 28.2 Å². The third-order valence-electron chi connectivity index (χ3n) is 2.60. The summed E-state index contributed by atoms with van der Waals surface area (Å²) in [6.07, 6.45) is -7.69. The number of carboxylic acids is 1. The molecule has 30 heavy (non-hydrogen) atoms. The van der Waals surface area contributed by atoms with E-state index in [0.29, 0.717) is 0 Å². The maximum atomic E-state index is 12.8. The molecule has 0 aliphatic heterocycles. The number of rotatable bonds is 6. The number of carbonyl (C=O) groups is 1. The maximum Gasteiger partial charge on any atom is 0.460 e. The van der Waals surface area contributed by atoms with Crippen LogP contribution in [0.1, 0.15) is 0 Å². The quantitative estimate of drug-likeness (QED) is 0.433. The lowest BCUT2D eigenvalue weighted by Crippen LogP contribution is -2.73. The molecule has 0 atom stereocenters. The maximum absolute atomic E-state index is 12.8. The van der Waals surface area contributed by atoms with Gasteiger partial charge in [-0.25, -0.2) is 4.79 Å². The first-order valence-electron chi connectivity index (χ1n) is 6.80. The van der Waals surface area contributed by atoms with Gasteiger partial charge in [0.1, 0.15) is 0 Å². The Hall–Kier alpha value is -1.62. The van der Waals surface area contributed by atoms with Crippen LogP contribution in [-0.4, -0.2) is 85.5 Å². The van der Waals surface area contributed by atoms with Gasteiger partial charge in [0.25, 0.3) is 0 Å². The molecule has 0 aliphatic carbocycles. The second kappa shape index (κ2) is 7.81. The van der Waals surface area contributed by atoms with Crippen molar-refractivity contribution >= 4 is 5.97 Å². The molecule has 0 aromatic carbocycles. The highest BCUT2D eigenvalue weighted by Crippen LogP contribution is 2.62. The predicted octanol–water partition coefficient (Wildman–Crippen LogP) is 4.77. The molecule has 0 bridgehead atoms. The Balaban J connectivity index is 0. The Morgan fingerprint density at radius 1 is 0.533 bits per heavy atom. The van der Waals surface area contributed by atoms with Crippen molar-refractivity contribution in [1.82, 2.24) is 0 Å². The van der Waals surface area contributed by atoms with Gasteiger partial charge < -0.3 is 9.59 Å². The van der Waals surface area contributed by atoms with Gasteiger partial charge in [0.2, 0.25) is 0 Å². The molecule has 1 N–H and O–H groups in total. The molecule has 0 aliphatic rings. The van der Waals surface area contributed by atoms with Crippen LogP contribution in [0.4, 0.5) is 65.9 Å². The Bertz CT molecular complexity index is 612. The standard InChI is InChI=1S/C8HF15O2.C4H12N/c9-2(10,1(24)25)3(11,12)4(13,14)5(15,16)6(17,18)7(19,20)8(21,22)23;1-5(2,3)4/h(H,24,25);1-4H3/q;+1. The highest BCUT2D eigenvalue weighted by atomic mass is 19.4. The van der Waals surface area contributed by atoms with E-state index in [-0.39, 0.29) is 0 Å². The van der Waals surface area contributed by atoms with E-state index < -0.39 is 47.7 Å². The minimum Gasteiger partial charge on any atom is -0.477 e. The lowest BCUT2D eigenvalue weighted by molar-refractivity contribution is -0.849. The van der Waals surface area contributed by atoms with Crippen molar-refractivity contribution in [1.29, 1.82) is 0 Å². The number of nitrogens with zero attached hydrogens (tertiary/aromatic N) is 1. The summed E-state index contributed by atoms with van der Waals surface area (Å²) in [7, 11) is 8.50. The largest absolute Gasteiger partial charge is 0.477 e. The van der Waals surface area contributed by atoms with Crippen LogP contribution in [0.2, 0.25) is 0 Å². The van der Waals surface area contributed by atoms with Gasteiger partial charge in [-0.2, -0.15) is 65.9 Å². The lowest BCUT2D eigenvalue weighted by Gasteiger charge is -2.40. The van der Waals surface area contributed by atoms with Gasteiger partial charge in [-0.15, -0.1) is 0 Å². The van der Waals surface area contributed by atoms with Crippen LogP contribution >= 0.6 is 0 Å². The highest BCUT2D eigenvalue weighted by molar-refractivity contribution is 5.77. The van der Waals surface area contributed by atoms with Gasteiger partial charge in [0, 0.05) is 0 Å². The molecule has 0 aromatic heterocycles. The number of hydrogen-bond donors (Lipinski definition) is 1. The smallest absolute Gasteiger partial charge is 0.460 e. The van der Waals surface area contributed by atoms with Crippen LogP contribution < -0.4 is 0 Å². The Morgan fingerprint density at radius 2 is 0.733 bits per heavy atom. The van der Waals surface area contributed by atoms with Crippen molar-refractivity contribution in [2.75, 3.05) is 28.2 Å². The minimum absolute atomic E-state index is 1.00. The average Bonchev–Trinajstić information content (AvgIpc) is 2.42. The zero-order chi connectivity index (χ0) is 25.6. The molecule has 18 heteroatoms. The summed E-state index contributed by atoms with van der Waals surface area (Å²) in [4.78, 5) is 9.72. The average molecular weight is 488 g/mol. The topological polar surface area (TPSA) is 37.3 Å². The van der Waals surface area contributed by atoms with Gasteiger partial charge in [0.15, 0.2) is 0 Å². The van der Waals surface area contributed by atoms with Crippen LogP contribution in [0, 0.1) is 0 Å². The fourth-order valence-electron chi connectivity index (χ4n) is 1.10. The predicted molar refractivity (Wildman–Crippen MR) is 67.3 cm³/mol. The molecule has 0 rings (SSSR count). The van der Waals surface area contributed by atoms with Gasteiger partial charge in [-0.05, 0) is 0 Å². The molecule has 0 spiro atoms. The molecule has 0 heterocycles. The summed E-state index contributed by atoms with van der Waals surface area (Å²) in [5, 5.41) is 7.57. The van der Waals surface area contributed by atoms with E-state index in [0.717, 1.165) is 4.48 Å². The first kappa shape index (κ1) is 30.6. The second-order valence-corrected chi connectivity index (χ2v) is 6.93. The van der Waals surface area contributed by atoms with Crippen molar-refractivity contribution in [3.8, 4) is 0 Å². The van der Waals surface area contributed by atoms with E-state index in [9.17, 15) is 70.7 Å². The van der Waals surface area contributed by atoms with Crippen molar-refractivity contribution < 1.29 is 80.2 Å². The monoisotopic (exact) mass is 488 g/mol. The van der Waals surface area contributed by atoms with Gasteiger partial charge in [-0.1, -0.05) is 0 Å². The summed E-state index contributed by atoms with van der Waals surface area (Å²) in [6.45, 7) is 0. The molecule has 0 radical (unpaired) electrons. The first-order chi connectivity index (χ1) is 12.4. The molecule has 0 saturated carbocycles. The molecule has 0 saturated heterocycles. The number of aliphatic carboxylic acids is 1. The minimum atomic E-state index is -8.47. The zero-order valence-electron chi connectivity index (χ0n) is 15.0. The van der Waals surface area contributed by atoms with E-state index >= 15 is 0 Å². The van der Waals surface area contributed by atoms with Crippen LogP contribution in [0.15, 0.2) is 0 Å².